The second kappa shape index (κ2) is 6.66. The highest BCUT2D eigenvalue weighted by atomic mass is 15.3. The summed E-state index contributed by atoms with van der Waals surface area (Å²) in [4.78, 5) is 5.10. The molecule has 0 radical (unpaired) electrons. The molecule has 4 rings (SSSR count). The van der Waals surface area contributed by atoms with Gasteiger partial charge < -0.3 is 4.90 Å². The van der Waals surface area contributed by atoms with Crippen molar-refractivity contribution >= 4 is 16.5 Å². The maximum atomic E-state index is 2.58. The van der Waals surface area contributed by atoms with E-state index in [0.29, 0.717) is 0 Å². The van der Waals surface area contributed by atoms with Crippen molar-refractivity contribution < 1.29 is 0 Å². The molecule has 1 aliphatic heterocycles. The van der Waals surface area contributed by atoms with Gasteiger partial charge in [-0.2, -0.15) is 0 Å². The standard InChI is InChI=1S/C22H24N2/c1-18-7-2-5-12-22(18)24-15-13-23(14-16-24)17-20-10-6-9-19-8-3-4-11-21(19)20/h2-12H,13-17H2,1H3. The van der Waals surface area contributed by atoms with Crippen LogP contribution in [-0.4, -0.2) is 31.1 Å². The van der Waals surface area contributed by atoms with Crippen molar-refractivity contribution in [2.45, 2.75) is 13.5 Å². The first-order valence-electron chi connectivity index (χ1n) is 8.81. The Morgan fingerprint density at radius 3 is 2.29 bits per heavy atom. The summed E-state index contributed by atoms with van der Waals surface area (Å²) >= 11 is 0. The number of para-hydroxylation sites is 1. The van der Waals surface area contributed by atoms with E-state index in [2.05, 4.69) is 83.5 Å². The van der Waals surface area contributed by atoms with E-state index >= 15 is 0 Å². The summed E-state index contributed by atoms with van der Waals surface area (Å²) in [6.45, 7) is 7.71. The lowest BCUT2D eigenvalue weighted by Crippen LogP contribution is -2.46. The Balaban J connectivity index is 1.46. The lowest BCUT2D eigenvalue weighted by Gasteiger charge is -2.37. The number of nitrogens with zero attached hydrogens (tertiary/aromatic N) is 2. The zero-order valence-corrected chi connectivity index (χ0v) is 14.3. The van der Waals surface area contributed by atoms with Crippen molar-refractivity contribution in [2.75, 3.05) is 31.1 Å². The van der Waals surface area contributed by atoms with Crippen LogP contribution < -0.4 is 4.90 Å². The Morgan fingerprint density at radius 2 is 1.46 bits per heavy atom. The number of hydrogen-bond donors (Lipinski definition) is 0. The highest BCUT2D eigenvalue weighted by Crippen LogP contribution is 2.23. The molecule has 1 saturated heterocycles. The van der Waals surface area contributed by atoms with Gasteiger partial charge in [0, 0.05) is 38.4 Å². The fourth-order valence-corrected chi connectivity index (χ4v) is 3.74. The average molecular weight is 316 g/mol. The van der Waals surface area contributed by atoms with E-state index in [1.807, 2.05) is 0 Å². The van der Waals surface area contributed by atoms with Gasteiger partial charge in [-0.05, 0) is 34.9 Å². The fraction of sp³-hybridized carbons (Fsp3) is 0.273. The molecule has 0 saturated carbocycles. The number of rotatable bonds is 3. The van der Waals surface area contributed by atoms with Gasteiger partial charge >= 0.3 is 0 Å². The van der Waals surface area contributed by atoms with E-state index < -0.39 is 0 Å². The van der Waals surface area contributed by atoms with Gasteiger partial charge in [0.05, 0.1) is 0 Å². The topological polar surface area (TPSA) is 6.48 Å². The largest absolute Gasteiger partial charge is 0.369 e. The summed E-state index contributed by atoms with van der Waals surface area (Å²) in [6.07, 6.45) is 0. The highest BCUT2D eigenvalue weighted by molar-refractivity contribution is 5.85. The number of hydrogen-bond acceptors (Lipinski definition) is 2. The summed E-state index contributed by atoms with van der Waals surface area (Å²) < 4.78 is 0. The third-order valence-electron chi connectivity index (χ3n) is 5.10. The molecule has 0 spiro atoms. The van der Waals surface area contributed by atoms with E-state index in [1.54, 1.807) is 0 Å². The summed E-state index contributed by atoms with van der Waals surface area (Å²) in [5.41, 5.74) is 4.21. The first-order valence-corrected chi connectivity index (χ1v) is 8.81. The van der Waals surface area contributed by atoms with Gasteiger partial charge in [-0.25, -0.2) is 0 Å². The number of piperazine rings is 1. The summed E-state index contributed by atoms with van der Waals surface area (Å²) in [5, 5.41) is 2.73. The van der Waals surface area contributed by atoms with Gasteiger partial charge in [0.25, 0.3) is 0 Å². The van der Waals surface area contributed by atoms with Crippen molar-refractivity contribution in [2.24, 2.45) is 0 Å². The second-order valence-electron chi connectivity index (χ2n) is 6.69. The van der Waals surface area contributed by atoms with Gasteiger partial charge in [0.15, 0.2) is 0 Å². The first kappa shape index (κ1) is 15.2. The number of anilines is 1. The SMILES string of the molecule is Cc1ccccc1N1CCN(Cc2cccc3ccccc23)CC1. The molecular formula is C22H24N2. The summed E-state index contributed by atoms with van der Waals surface area (Å²) in [6, 6.07) is 24.1. The van der Waals surface area contributed by atoms with Crippen LogP contribution in [0, 0.1) is 6.92 Å². The van der Waals surface area contributed by atoms with E-state index in [9.17, 15) is 0 Å². The molecule has 0 N–H and O–H groups in total. The molecule has 122 valence electrons. The molecular weight excluding hydrogens is 292 g/mol. The first-order chi connectivity index (χ1) is 11.8. The summed E-state index contributed by atoms with van der Waals surface area (Å²) in [5.74, 6) is 0. The molecule has 0 aliphatic carbocycles. The fourth-order valence-electron chi connectivity index (χ4n) is 3.74. The Bertz CT molecular complexity index is 827. The minimum atomic E-state index is 1.04. The lowest BCUT2D eigenvalue weighted by molar-refractivity contribution is 0.250. The predicted molar refractivity (Wildman–Crippen MR) is 103 cm³/mol. The minimum Gasteiger partial charge on any atom is -0.369 e. The molecule has 2 nitrogen and oxygen atoms in total. The molecule has 3 aromatic rings. The van der Waals surface area contributed by atoms with E-state index in [0.717, 1.165) is 32.7 Å². The molecule has 2 heteroatoms. The third kappa shape index (κ3) is 3.02. The van der Waals surface area contributed by atoms with Crippen molar-refractivity contribution in [1.82, 2.24) is 4.90 Å². The van der Waals surface area contributed by atoms with E-state index in [4.69, 9.17) is 0 Å². The van der Waals surface area contributed by atoms with Crippen molar-refractivity contribution in [3.05, 3.63) is 77.9 Å². The zero-order valence-electron chi connectivity index (χ0n) is 14.3. The monoisotopic (exact) mass is 316 g/mol. The molecule has 0 amide bonds. The minimum absolute atomic E-state index is 1.04. The second-order valence-corrected chi connectivity index (χ2v) is 6.69. The Hall–Kier alpha value is -2.32. The maximum Gasteiger partial charge on any atom is 0.0396 e. The number of fused-ring (bicyclic) bond motifs is 1. The predicted octanol–water partition coefficient (Wildman–Crippen LogP) is 4.47. The molecule has 0 unspecified atom stereocenters. The Labute approximate surface area is 144 Å². The molecule has 1 heterocycles. The quantitative estimate of drug-likeness (QED) is 0.703. The van der Waals surface area contributed by atoms with Gasteiger partial charge in [0.2, 0.25) is 0 Å². The molecule has 1 aliphatic rings. The molecule has 0 atom stereocenters. The van der Waals surface area contributed by atoms with Crippen molar-refractivity contribution in [3.8, 4) is 0 Å². The van der Waals surface area contributed by atoms with Crippen LogP contribution in [0.15, 0.2) is 66.7 Å². The Morgan fingerprint density at radius 1 is 0.750 bits per heavy atom. The van der Waals surface area contributed by atoms with Crippen molar-refractivity contribution in [3.63, 3.8) is 0 Å². The maximum absolute atomic E-state index is 2.58. The van der Waals surface area contributed by atoms with Gasteiger partial charge in [-0.15, -0.1) is 0 Å². The van der Waals surface area contributed by atoms with Crippen LogP contribution in [0.3, 0.4) is 0 Å². The van der Waals surface area contributed by atoms with Crippen LogP contribution in [0.5, 0.6) is 0 Å². The highest BCUT2D eigenvalue weighted by Gasteiger charge is 2.18. The third-order valence-corrected chi connectivity index (χ3v) is 5.10. The zero-order chi connectivity index (χ0) is 16.4. The van der Waals surface area contributed by atoms with Crippen LogP contribution in [0.1, 0.15) is 11.1 Å². The number of benzene rings is 3. The molecule has 3 aromatic carbocycles. The molecule has 24 heavy (non-hydrogen) atoms. The van der Waals surface area contributed by atoms with Gasteiger partial charge in [-0.1, -0.05) is 60.7 Å². The van der Waals surface area contributed by atoms with Crippen molar-refractivity contribution in [1.29, 1.82) is 0 Å². The smallest absolute Gasteiger partial charge is 0.0396 e. The van der Waals surface area contributed by atoms with Gasteiger partial charge in [-0.3, -0.25) is 4.90 Å². The lowest BCUT2D eigenvalue weighted by atomic mass is 10.0. The number of aryl methyl sites for hydroxylation is 1. The van der Waals surface area contributed by atoms with Crippen LogP contribution in [0.2, 0.25) is 0 Å². The van der Waals surface area contributed by atoms with Crippen LogP contribution in [-0.2, 0) is 6.54 Å². The van der Waals surface area contributed by atoms with Crippen LogP contribution in [0.4, 0.5) is 5.69 Å². The van der Waals surface area contributed by atoms with Gasteiger partial charge in [0.1, 0.15) is 0 Å². The Kier molecular flexibility index (Phi) is 4.22. The van der Waals surface area contributed by atoms with E-state index in [-0.39, 0.29) is 0 Å². The van der Waals surface area contributed by atoms with Crippen LogP contribution >= 0.6 is 0 Å². The molecule has 0 bridgehead atoms. The summed E-state index contributed by atoms with van der Waals surface area (Å²) in [7, 11) is 0. The average Bonchev–Trinajstić information content (AvgIpc) is 2.63. The normalized spacial score (nSPS) is 15.8. The molecule has 0 aromatic heterocycles. The van der Waals surface area contributed by atoms with E-state index in [1.165, 1.54) is 27.6 Å². The van der Waals surface area contributed by atoms with Crippen LogP contribution in [0.25, 0.3) is 10.8 Å². The molecule has 1 fully saturated rings.